The SMILES string of the molecule is C=C1CC=Nc2cc(-c3ccc(C)cc3)ccc21. The molecule has 1 aliphatic heterocycles. The quantitative estimate of drug-likeness (QED) is 0.672. The highest BCUT2D eigenvalue weighted by molar-refractivity contribution is 5.90. The van der Waals surface area contributed by atoms with Gasteiger partial charge in [-0.1, -0.05) is 48.5 Å². The fraction of sp³-hybridized carbons (Fsp3) is 0.118. The van der Waals surface area contributed by atoms with E-state index in [-0.39, 0.29) is 0 Å². The second kappa shape index (κ2) is 4.26. The first-order valence-corrected chi connectivity index (χ1v) is 6.16. The molecule has 0 fully saturated rings. The van der Waals surface area contributed by atoms with Crippen LogP contribution in [-0.2, 0) is 0 Å². The first-order chi connectivity index (χ1) is 8.74. The summed E-state index contributed by atoms with van der Waals surface area (Å²) in [5.41, 5.74) is 7.08. The smallest absolute Gasteiger partial charge is 0.0707 e. The molecule has 0 unspecified atom stereocenters. The minimum atomic E-state index is 0.858. The number of rotatable bonds is 1. The van der Waals surface area contributed by atoms with E-state index in [0.29, 0.717) is 0 Å². The molecule has 1 nitrogen and oxygen atoms in total. The minimum Gasteiger partial charge on any atom is -0.260 e. The lowest BCUT2D eigenvalue weighted by Crippen LogP contribution is -1.92. The molecule has 0 spiro atoms. The van der Waals surface area contributed by atoms with E-state index >= 15 is 0 Å². The largest absolute Gasteiger partial charge is 0.260 e. The summed E-state index contributed by atoms with van der Waals surface area (Å²) in [5.74, 6) is 0. The van der Waals surface area contributed by atoms with Crippen molar-refractivity contribution in [2.45, 2.75) is 13.3 Å². The zero-order valence-electron chi connectivity index (χ0n) is 10.5. The lowest BCUT2D eigenvalue weighted by molar-refractivity contribution is 1.37. The van der Waals surface area contributed by atoms with Crippen molar-refractivity contribution in [2.75, 3.05) is 0 Å². The van der Waals surface area contributed by atoms with Gasteiger partial charge >= 0.3 is 0 Å². The number of aryl methyl sites for hydroxylation is 1. The van der Waals surface area contributed by atoms with Crippen molar-refractivity contribution in [3.8, 4) is 11.1 Å². The summed E-state index contributed by atoms with van der Waals surface area (Å²) >= 11 is 0. The molecule has 1 heteroatoms. The molecule has 0 amide bonds. The third-order valence-corrected chi connectivity index (χ3v) is 3.33. The van der Waals surface area contributed by atoms with Gasteiger partial charge in [0.1, 0.15) is 0 Å². The third kappa shape index (κ3) is 1.88. The van der Waals surface area contributed by atoms with Crippen LogP contribution in [0.3, 0.4) is 0 Å². The Hall–Kier alpha value is -2.15. The number of aliphatic imine (C=N–C) groups is 1. The molecule has 18 heavy (non-hydrogen) atoms. The highest BCUT2D eigenvalue weighted by atomic mass is 14.7. The average molecular weight is 233 g/mol. The van der Waals surface area contributed by atoms with Crippen LogP contribution in [-0.4, -0.2) is 6.21 Å². The van der Waals surface area contributed by atoms with Gasteiger partial charge in [-0.05, 0) is 29.7 Å². The van der Waals surface area contributed by atoms with Gasteiger partial charge in [-0.15, -0.1) is 0 Å². The Morgan fingerprint density at radius 3 is 2.50 bits per heavy atom. The lowest BCUT2D eigenvalue weighted by atomic mass is 9.96. The van der Waals surface area contributed by atoms with Crippen molar-refractivity contribution in [3.63, 3.8) is 0 Å². The molecule has 0 radical (unpaired) electrons. The lowest BCUT2D eigenvalue weighted by Gasteiger charge is -2.13. The number of allylic oxidation sites excluding steroid dienone is 1. The van der Waals surface area contributed by atoms with Gasteiger partial charge in [-0.3, -0.25) is 4.99 Å². The Bertz CT molecular complexity index is 633. The molecule has 0 atom stereocenters. The first-order valence-electron chi connectivity index (χ1n) is 6.16. The fourth-order valence-electron chi connectivity index (χ4n) is 2.23. The van der Waals surface area contributed by atoms with Crippen LogP contribution < -0.4 is 0 Å². The zero-order valence-corrected chi connectivity index (χ0v) is 10.5. The molecule has 1 aliphatic rings. The molecule has 0 bridgehead atoms. The van der Waals surface area contributed by atoms with Gasteiger partial charge in [-0.25, -0.2) is 0 Å². The van der Waals surface area contributed by atoms with Crippen LogP contribution >= 0.6 is 0 Å². The second-order valence-corrected chi connectivity index (χ2v) is 4.72. The number of nitrogens with zero attached hydrogens (tertiary/aromatic N) is 1. The molecule has 0 aliphatic carbocycles. The van der Waals surface area contributed by atoms with E-state index in [9.17, 15) is 0 Å². The van der Waals surface area contributed by atoms with Crippen LogP contribution in [0.4, 0.5) is 5.69 Å². The molecule has 0 saturated carbocycles. The number of fused-ring (bicyclic) bond motifs is 1. The van der Waals surface area contributed by atoms with Crippen molar-refractivity contribution in [3.05, 3.63) is 60.2 Å². The van der Waals surface area contributed by atoms with Gasteiger partial charge in [0, 0.05) is 18.2 Å². The van der Waals surface area contributed by atoms with Crippen LogP contribution in [0.2, 0.25) is 0 Å². The Morgan fingerprint density at radius 2 is 1.72 bits per heavy atom. The Kier molecular flexibility index (Phi) is 2.60. The Morgan fingerprint density at radius 1 is 1.00 bits per heavy atom. The van der Waals surface area contributed by atoms with Crippen molar-refractivity contribution in [1.82, 2.24) is 0 Å². The van der Waals surface area contributed by atoms with Crippen molar-refractivity contribution in [2.24, 2.45) is 4.99 Å². The maximum atomic E-state index is 4.46. The van der Waals surface area contributed by atoms with Gasteiger partial charge in [0.15, 0.2) is 0 Å². The molecule has 0 aromatic heterocycles. The molecule has 2 aromatic rings. The highest BCUT2D eigenvalue weighted by Crippen LogP contribution is 2.34. The number of benzene rings is 2. The summed E-state index contributed by atoms with van der Waals surface area (Å²) in [6, 6.07) is 15.0. The Balaban J connectivity index is 2.08. The van der Waals surface area contributed by atoms with Gasteiger partial charge in [-0.2, -0.15) is 0 Å². The van der Waals surface area contributed by atoms with Crippen molar-refractivity contribution >= 4 is 17.5 Å². The number of hydrogen-bond donors (Lipinski definition) is 0. The number of hydrogen-bond acceptors (Lipinski definition) is 1. The van der Waals surface area contributed by atoms with E-state index in [1.165, 1.54) is 22.3 Å². The summed E-state index contributed by atoms with van der Waals surface area (Å²) in [7, 11) is 0. The molecule has 3 rings (SSSR count). The van der Waals surface area contributed by atoms with E-state index < -0.39 is 0 Å². The summed E-state index contributed by atoms with van der Waals surface area (Å²) in [6.45, 7) is 6.18. The average Bonchev–Trinajstić information content (AvgIpc) is 2.39. The van der Waals surface area contributed by atoms with Crippen LogP contribution in [0.15, 0.2) is 54.0 Å². The van der Waals surface area contributed by atoms with Crippen LogP contribution in [0.1, 0.15) is 17.5 Å². The van der Waals surface area contributed by atoms with Gasteiger partial charge in [0.25, 0.3) is 0 Å². The normalized spacial score (nSPS) is 13.5. The summed E-state index contributed by atoms with van der Waals surface area (Å²) < 4.78 is 0. The molecule has 88 valence electrons. The van der Waals surface area contributed by atoms with E-state index in [0.717, 1.165) is 17.7 Å². The molecular formula is C17H15N. The maximum Gasteiger partial charge on any atom is 0.0707 e. The van der Waals surface area contributed by atoms with E-state index in [1.54, 1.807) is 0 Å². The van der Waals surface area contributed by atoms with Gasteiger partial charge in [0.2, 0.25) is 0 Å². The van der Waals surface area contributed by atoms with E-state index in [1.807, 2.05) is 6.21 Å². The summed E-state index contributed by atoms with van der Waals surface area (Å²) in [5, 5.41) is 0. The zero-order chi connectivity index (χ0) is 12.5. The van der Waals surface area contributed by atoms with E-state index in [4.69, 9.17) is 0 Å². The highest BCUT2D eigenvalue weighted by Gasteiger charge is 2.10. The monoisotopic (exact) mass is 233 g/mol. The predicted octanol–water partition coefficient (Wildman–Crippen LogP) is 4.78. The molecule has 2 aromatic carbocycles. The fourth-order valence-corrected chi connectivity index (χ4v) is 2.23. The third-order valence-electron chi connectivity index (χ3n) is 3.33. The summed E-state index contributed by atoms with van der Waals surface area (Å²) in [4.78, 5) is 4.46. The van der Waals surface area contributed by atoms with Crippen LogP contribution in [0.5, 0.6) is 0 Å². The van der Waals surface area contributed by atoms with Crippen molar-refractivity contribution < 1.29 is 0 Å². The van der Waals surface area contributed by atoms with Gasteiger partial charge in [0.05, 0.1) is 5.69 Å². The van der Waals surface area contributed by atoms with Crippen molar-refractivity contribution in [1.29, 1.82) is 0 Å². The summed E-state index contributed by atoms with van der Waals surface area (Å²) in [6.07, 6.45) is 2.79. The van der Waals surface area contributed by atoms with Crippen LogP contribution in [0, 0.1) is 6.92 Å². The predicted molar refractivity (Wildman–Crippen MR) is 78.4 cm³/mol. The molecule has 0 saturated heterocycles. The molecule has 0 N–H and O–H groups in total. The topological polar surface area (TPSA) is 12.4 Å². The standard InChI is InChI=1S/C17H15N/c1-12-3-5-14(6-4-12)15-7-8-16-13(2)9-10-18-17(16)11-15/h3-8,10-11H,2,9H2,1H3. The van der Waals surface area contributed by atoms with E-state index in [2.05, 4.69) is 61.0 Å². The molecular weight excluding hydrogens is 218 g/mol. The second-order valence-electron chi connectivity index (χ2n) is 4.72. The maximum absolute atomic E-state index is 4.46. The van der Waals surface area contributed by atoms with Gasteiger partial charge < -0.3 is 0 Å². The van der Waals surface area contributed by atoms with Crippen LogP contribution in [0.25, 0.3) is 16.7 Å². The first kappa shape index (κ1) is 11.0. The molecule has 1 heterocycles. The Labute approximate surface area is 108 Å². The minimum absolute atomic E-state index is 0.858.